The summed E-state index contributed by atoms with van der Waals surface area (Å²) in [4.78, 5) is 15.0. The van der Waals surface area contributed by atoms with E-state index >= 15 is 0 Å². The second kappa shape index (κ2) is 11.4. The summed E-state index contributed by atoms with van der Waals surface area (Å²) in [6.07, 6.45) is 0. The molecule has 0 unspecified atom stereocenters. The molecule has 0 fully saturated rings. The average Bonchev–Trinajstić information content (AvgIpc) is 3.74. The van der Waals surface area contributed by atoms with Gasteiger partial charge in [-0.05, 0) is 53.6 Å². The molecule has 0 amide bonds. The molecule has 50 heavy (non-hydrogen) atoms. The van der Waals surface area contributed by atoms with Crippen LogP contribution in [0.25, 0.3) is 94.7 Å². The summed E-state index contributed by atoms with van der Waals surface area (Å²) >= 11 is 0. The molecule has 10 aromatic rings. The number of nitrogens with zero attached hydrogens (tertiary/aromatic N) is 4. The molecule has 0 aliphatic carbocycles. The highest BCUT2D eigenvalue weighted by Gasteiger charge is 2.23. The van der Waals surface area contributed by atoms with E-state index in [1.54, 1.807) is 0 Å². The van der Waals surface area contributed by atoms with Gasteiger partial charge in [-0.2, -0.15) is 0 Å². The highest BCUT2D eigenvalue weighted by Crippen LogP contribution is 2.45. The molecule has 0 radical (unpaired) electrons. The highest BCUT2D eigenvalue weighted by molar-refractivity contribution is 6.27. The van der Waals surface area contributed by atoms with Crippen molar-refractivity contribution in [3.05, 3.63) is 170 Å². The van der Waals surface area contributed by atoms with Gasteiger partial charge >= 0.3 is 0 Å². The third-order valence-electron chi connectivity index (χ3n) is 9.43. The van der Waals surface area contributed by atoms with Crippen LogP contribution < -0.4 is 0 Å². The van der Waals surface area contributed by atoms with Crippen LogP contribution in [-0.2, 0) is 0 Å². The van der Waals surface area contributed by atoms with Crippen LogP contribution in [0.2, 0.25) is 0 Å². The number of benzene rings is 7. The Morgan fingerprint density at radius 2 is 0.940 bits per heavy atom. The van der Waals surface area contributed by atoms with E-state index in [1.807, 2.05) is 66.7 Å². The number of hydrogen-bond donors (Lipinski definition) is 0. The Morgan fingerprint density at radius 1 is 0.400 bits per heavy atom. The van der Waals surface area contributed by atoms with Crippen molar-refractivity contribution in [2.45, 2.75) is 0 Å². The molecule has 10 rings (SSSR count). The van der Waals surface area contributed by atoms with Crippen LogP contribution in [-0.4, -0.2) is 19.5 Å². The van der Waals surface area contributed by atoms with Gasteiger partial charge in [0.25, 0.3) is 0 Å². The molecule has 0 aliphatic rings. The fourth-order valence-corrected chi connectivity index (χ4v) is 7.20. The Kier molecular flexibility index (Phi) is 6.42. The van der Waals surface area contributed by atoms with Gasteiger partial charge in [0.2, 0.25) is 0 Å². The maximum absolute atomic E-state index is 6.82. The quantitative estimate of drug-likeness (QED) is 0.188. The molecular weight excluding hydrogens is 613 g/mol. The molecule has 7 aromatic carbocycles. The first kappa shape index (κ1) is 28.2. The van der Waals surface area contributed by atoms with Crippen molar-refractivity contribution in [3.8, 4) is 51.0 Å². The van der Waals surface area contributed by atoms with Gasteiger partial charge in [0.05, 0.1) is 16.4 Å². The van der Waals surface area contributed by atoms with Gasteiger partial charge in [-0.3, -0.25) is 0 Å². The third kappa shape index (κ3) is 4.52. The van der Waals surface area contributed by atoms with E-state index in [0.29, 0.717) is 17.5 Å². The van der Waals surface area contributed by atoms with Crippen LogP contribution in [0.15, 0.2) is 174 Å². The number of aromatic nitrogens is 4. The molecular formula is C45H28N4O. The number of fused-ring (bicyclic) bond motifs is 7. The fourth-order valence-electron chi connectivity index (χ4n) is 7.20. The Morgan fingerprint density at radius 3 is 1.58 bits per heavy atom. The molecule has 0 N–H and O–H groups in total. The maximum Gasteiger partial charge on any atom is 0.164 e. The second-order valence-electron chi connectivity index (χ2n) is 12.4. The summed E-state index contributed by atoms with van der Waals surface area (Å²) in [6, 6.07) is 58.4. The Balaban J connectivity index is 1.31. The van der Waals surface area contributed by atoms with Crippen LogP contribution in [0.1, 0.15) is 0 Å². The highest BCUT2D eigenvalue weighted by atomic mass is 16.3. The van der Waals surface area contributed by atoms with E-state index in [4.69, 9.17) is 19.4 Å². The monoisotopic (exact) mass is 640 g/mol. The van der Waals surface area contributed by atoms with Crippen molar-refractivity contribution in [2.24, 2.45) is 0 Å². The Bertz CT molecular complexity index is 2780. The summed E-state index contributed by atoms with van der Waals surface area (Å²) in [5.41, 5.74) is 9.83. The first-order valence-corrected chi connectivity index (χ1v) is 16.7. The number of para-hydroxylation sites is 2. The van der Waals surface area contributed by atoms with Gasteiger partial charge in [-0.15, -0.1) is 0 Å². The third-order valence-corrected chi connectivity index (χ3v) is 9.43. The Labute approximate surface area is 287 Å². The van der Waals surface area contributed by atoms with E-state index in [9.17, 15) is 0 Å². The molecule has 0 spiro atoms. The van der Waals surface area contributed by atoms with Gasteiger partial charge < -0.3 is 8.98 Å². The molecule has 0 saturated heterocycles. The molecule has 5 nitrogen and oxygen atoms in total. The first-order valence-electron chi connectivity index (χ1n) is 16.7. The molecule has 0 bridgehead atoms. The smallest absolute Gasteiger partial charge is 0.164 e. The van der Waals surface area contributed by atoms with Crippen LogP contribution in [0.4, 0.5) is 0 Å². The SMILES string of the molecule is c1ccc(-c2nc(-c3ccccc3)nc(-c3cc(-c4ccccc4)c4c(c3)oc3ccc5c6ccccc6n(-c6ccccc6)c5c34)n2)cc1. The van der Waals surface area contributed by atoms with Crippen LogP contribution in [0.5, 0.6) is 0 Å². The largest absolute Gasteiger partial charge is 0.456 e. The van der Waals surface area contributed by atoms with E-state index in [1.165, 1.54) is 10.8 Å². The molecule has 234 valence electrons. The first-order chi connectivity index (χ1) is 24.8. The minimum absolute atomic E-state index is 0.584. The standard InChI is InChI=1S/C45H28N4O/c1-5-15-29(16-6-1)36-27-32(45-47-43(30-17-7-2-8-18-30)46-44(48-45)31-19-9-3-10-20-31)28-39-40(36)41-38(50-39)26-25-35-34-23-13-14-24-37(34)49(42(35)41)33-21-11-4-12-22-33/h1-28H. The van der Waals surface area contributed by atoms with Crippen molar-refractivity contribution in [1.82, 2.24) is 19.5 Å². The van der Waals surface area contributed by atoms with Gasteiger partial charge in [-0.25, -0.2) is 15.0 Å². The van der Waals surface area contributed by atoms with Gasteiger partial charge in [0.1, 0.15) is 11.2 Å². The average molecular weight is 641 g/mol. The Hall–Kier alpha value is -6.85. The molecule has 5 heteroatoms. The lowest BCUT2D eigenvalue weighted by atomic mass is 9.96. The minimum atomic E-state index is 0.584. The van der Waals surface area contributed by atoms with Crippen LogP contribution in [0, 0.1) is 0 Å². The fraction of sp³-hybridized carbons (Fsp3) is 0. The molecule has 3 aromatic heterocycles. The maximum atomic E-state index is 6.82. The molecule has 0 aliphatic heterocycles. The predicted molar refractivity (Wildman–Crippen MR) is 203 cm³/mol. The van der Waals surface area contributed by atoms with Crippen LogP contribution >= 0.6 is 0 Å². The number of furan rings is 1. The van der Waals surface area contributed by atoms with Crippen molar-refractivity contribution in [1.29, 1.82) is 0 Å². The minimum Gasteiger partial charge on any atom is -0.456 e. The van der Waals surface area contributed by atoms with Crippen molar-refractivity contribution < 1.29 is 4.42 Å². The number of rotatable bonds is 5. The lowest BCUT2D eigenvalue weighted by molar-refractivity contribution is 0.669. The normalized spacial score (nSPS) is 11.6. The van der Waals surface area contributed by atoms with E-state index in [2.05, 4.69) is 108 Å². The zero-order valence-electron chi connectivity index (χ0n) is 26.9. The van der Waals surface area contributed by atoms with Crippen LogP contribution in [0.3, 0.4) is 0 Å². The van der Waals surface area contributed by atoms with E-state index in [0.717, 1.165) is 66.5 Å². The summed E-state index contributed by atoms with van der Waals surface area (Å²) in [5.74, 6) is 1.82. The van der Waals surface area contributed by atoms with Crippen molar-refractivity contribution in [2.75, 3.05) is 0 Å². The zero-order valence-corrected chi connectivity index (χ0v) is 26.9. The zero-order chi connectivity index (χ0) is 33.0. The topological polar surface area (TPSA) is 56.7 Å². The molecule has 0 saturated carbocycles. The predicted octanol–water partition coefficient (Wildman–Crippen LogP) is 11.5. The summed E-state index contributed by atoms with van der Waals surface area (Å²) in [5, 5.41) is 4.52. The van der Waals surface area contributed by atoms with E-state index < -0.39 is 0 Å². The summed E-state index contributed by atoms with van der Waals surface area (Å²) < 4.78 is 9.19. The van der Waals surface area contributed by atoms with Crippen molar-refractivity contribution in [3.63, 3.8) is 0 Å². The second-order valence-corrected chi connectivity index (χ2v) is 12.4. The number of hydrogen-bond acceptors (Lipinski definition) is 4. The lowest BCUT2D eigenvalue weighted by Gasteiger charge is -2.11. The summed E-state index contributed by atoms with van der Waals surface area (Å²) in [7, 11) is 0. The lowest BCUT2D eigenvalue weighted by Crippen LogP contribution is -2.00. The van der Waals surface area contributed by atoms with Crippen molar-refractivity contribution >= 4 is 43.7 Å². The van der Waals surface area contributed by atoms with Gasteiger partial charge in [-0.1, -0.05) is 127 Å². The van der Waals surface area contributed by atoms with Gasteiger partial charge in [0.15, 0.2) is 17.5 Å². The summed E-state index contributed by atoms with van der Waals surface area (Å²) in [6.45, 7) is 0. The van der Waals surface area contributed by atoms with E-state index in [-0.39, 0.29) is 0 Å². The van der Waals surface area contributed by atoms with Gasteiger partial charge in [0, 0.05) is 38.5 Å². The molecule has 3 heterocycles. The molecule has 0 atom stereocenters.